The summed E-state index contributed by atoms with van der Waals surface area (Å²) in [6.45, 7) is 7.47. The van der Waals surface area contributed by atoms with Gasteiger partial charge in [0, 0.05) is 54.7 Å². The molecule has 3 N–H and O–H groups in total. The minimum Gasteiger partial charge on any atom is -0.379 e. The van der Waals surface area contributed by atoms with Crippen LogP contribution < -0.4 is 10.6 Å². The lowest BCUT2D eigenvalue weighted by Crippen LogP contribution is -2.39. The highest BCUT2D eigenvalue weighted by atomic mass is 16.5. The smallest absolute Gasteiger partial charge is 0.224 e. The number of benzene rings is 1. The number of hydrogen-bond donors (Lipinski definition) is 3. The Morgan fingerprint density at radius 3 is 2.96 bits per heavy atom. The van der Waals surface area contributed by atoms with Crippen molar-refractivity contribution in [3.8, 4) is 0 Å². The monoisotopic (exact) mass is 352 g/mol. The van der Waals surface area contributed by atoms with E-state index in [2.05, 4.69) is 55.6 Å². The molecule has 0 saturated carbocycles. The van der Waals surface area contributed by atoms with E-state index in [1.54, 1.807) is 6.20 Å². The molecule has 7 nitrogen and oxygen atoms in total. The molecule has 7 heteroatoms. The van der Waals surface area contributed by atoms with Gasteiger partial charge in [-0.2, -0.15) is 4.98 Å². The van der Waals surface area contributed by atoms with E-state index in [4.69, 9.17) is 4.74 Å². The van der Waals surface area contributed by atoms with Crippen LogP contribution in [0.2, 0.25) is 0 Å². The molecule has 26 heavy (non-hydrogen) atoms. The Balaban J connectivity index is 1.36. The fourth-order valence-electron chi connectivity index (χ4n) is 3.17. The molecule has 1 aliphatic heterocycles. The molecular formula is C19H24N6O. The predicted octanol–water partition coefficient (Wildman–Crippen LogP) is 2.75. The van der Waals surface area contributed by atoms with Crippen LogP contribution in [0.25, 0.3) is 10.9 Å². The lowest BCUT2D eigenvalue weighted by atomic mass is 10.2. The summed E-state index contributed by atoms with van der Waals surface area (Å²) < 4.78 is 5.37. The first-order chi connectivity index (χ1) is 12.8. The largest absolute Gasteiger partial charge is 0.379 e. The number of rotatable bonds is 6. The molecule has 136 valence electrons. The first-order valence-corrected chi connectivity index (χ1v) is 9.00. The Hall–Kier alpha value is -2.64. The van der Waals surface area contributed by atoms with Gasteiger partial charge in [0.25, 0.3) is 0 Å². The second kappa shape index (κ2) is 7.72. The fraction of sp³-hybridized carbons (Fsp3) is 0.368. The number of anilines is 3. The first-order valence-electron chi connectivity index (χ1n) is 9.00. The van der Waals surface area contributed by atoms with Crippen molar-refractivity contribution in [3.63, 3.8) is 0 Å². The molecule has 1 saturated heterocycles. The first kappa shape index (κ1) is 16.8. The molecule has 0 spiro atoms. The van der Waals surface area contributed by atoms with Gasteiger partial charge in [-0.25, -0.2) is 4.98 Å². The molecule has 0 aliphatic carbocycles. The number of morpholine rings is 1. The molecule has 0 unspecified atom stereocenters. The van der Waals surface area contributed by atoms with Crippen LogP contribution in [0.5, 0.6) is 0 Å². The number of H-pyrrole nitrogens is 1. The van der Waals surface area contributed by atoms with Gasteiger partial charge in [0.1, 0.15) is 5.82 Å². The van der Waals surface area contributed by atoms with E-state index in [1.807, 2.05) is 12.1 Å². The number of fused-ring (bicyclic) bond motifs is 1. The third kappa shape index (κ3) is 4.12. The van der Waals surface area contributed by atoms with Crippen LogP contribution in [0.1, 0.15) is 5.69 Å². The van der Waals surface area contributed by atoms with Crippen molar-refractivity contribution in [1.29, 1.82) is 0 Å². The maximum atomic E-state index is 5.37. The SMILES string of the molecule is Cc1cc2cc(Nc3ccnc(NCCN4CCOCC4)n3)ccc2[nH]1. The predicted molar refractivity (Wildman–Crippen MR) is 104 cm³/mol. The van der Waals surface area contributed by atoms with Gasteiger partial charge in [0.15, 0.2) is 0 Å². The summed E-state index contributed by atoms with van der Waals surface area (Å²) >= 11 is 0. The number of nitrogens with zero attached hydrogens (tertiary/aromatic N) is 3. The van der Waals surface area contributed by atoms with E-state index in [1.165, 1.54) is 5.39 Å². The number of nitrogens with one attached hydrogen (secondary N) is 3. The van der Waals surface area contributed by atoms with Crippen molar-refractivity contribution in [3.05, 3.63) is 42.2 Å². The van der Waals surface area contributed by atoms with Crippen LogP contribution in [0.3, 0.4) is 0 Å². The number of hydrogen-bond acceptors (Lipinski definition) is 6. The molecule has 3 aromatic rings. The third-order valence-electron chi connectivity index (χ3n) is 4.50. The molecule has 0 amide bonds. The van der Waals surface area contributed by atoms with Crippen molar-refractivity contribution in [1.82, 2.24) is 19.9 Å². The number of aromatic amines is 1. The standard InChI is InChI=1S/C19H24N6O/c1-14-12-15-13-16(2-3-17(15)22-14)23-18-4-5-20-19(24-18)21-6-7-25-8-10-26-11-9-25/h2-5,12-13,22H,6-11H2,1H3,(H2,20,21,23,24). The second-order valence-electron chi connectivity index (χ2n) is 6.53. The van der Waals surface area contributed by atoms with Crippen molar-refractivity contribution in [2.75, 3.05) is 50.0 Å². The third-order valence-corrected chi connectivity index (χ3v) is 4.50. The van der Waals surface area contributed by atoms with Gasteiger partial charge in [-0.1, -0.05) is 0 Å². The van der Waals surface area contributed by atoms with E-state index in [0.29, 0.717) is 5.95 Å². The highest BCUT2D eigenvalue weighted by Crippen LogP contribution is 2.22. The summed E-state index contributed by atoms with van der Waals surface area (Å²) in [4.78, 5) is 14.6. The summed E-state index contributed by atoms with van der Waals surface area (Å²) in [5.41, 5.74) is 3.31. The Morgan fingerprint density at radius 1 is 1.19 bits per heavy atom. The molecule has 2 aromatic heterocycles. The minimum atomic E-state index is 0.641. The molecule has 1 aromatic carbocycles. The fourth-order valence-corrected chi connectivity index (χ4v) is 3.17. The number of aryl methyl sites for hydroxylation is 1. The van der Waals surface area contributed by atoms with Crippen LogP contribution in [-0.4, -0.2) is 59.2 Å². The van der Waals surface area contributed by atoms with Crippen LogP contribution in [0.4, 0.5) is 17.5 Å². The maximum Gasteiger partial charge on any atom is 0.224 e. The second-order valence-corrected chi connectivity index (χ2v) is 6.53. The van der Waals surface area contributed by atoms with Gasteiger partial charge < -0.3 is 20.4 Å². The summed E-state index contributed by atoms with van der Waals surface area (Å²) in [5.74, 6) is 1.42. The van der Waals surface area contributed by atoms with Crippen molar-refractivity contribution >= 4 is 28.4 Å². The Morgan fingerprint density at radius 2 is 2.08 bits per heavy atom. The van der Waals surface area contributed by atoms with Gasteiger partial charge in [-0.05, 0) is 37.3 Å². The van der Waals surface area contributed by atoms with E-state index < -0.39 is 0 Å². The molecule has 0 radical (unpaired) electrons. The molecular weight excluding hydrogens is 328 g/mol. The quantitative estimate of drug-likeness (QED) is 0.633. The summed E-state index contributed by atoms with van der Waals surface area (Å²) in [6, 6.07) is 10.3. The molecule has 4 rings (SSSR count). The van der Waals surface area contributed by atoms with Gasteiger partial charge in [0.05, 0.1) is 13.2 Å². The van der Waals surface area contributed by atoms with Crippen molar-refractivity contribution in [2.45, 2.75) is 6.92 Å². The lowest BCUT2D eigenvalue weighted by molar-refractivity contribution is 0.0398. The maximum absolute atomic E-state index is 5.37. The Bertz CT molecular complexity index is 871. The molecule has 0 atom stereocenters. The zero-order valence-electron chi connectivity index (χ0n) is 15.0. The van der Waals surface area contributed by atoms with E-state index in [9.17, 15) is 0 Å². The topological polar surface area (TPSA) is 78.1 Å². The van der Waals surface area contributed by atoms with Crippen molar-refractivity contribution in [2.24, 2.45) is 0 Å². The summed E-state index contributed by atoms with van der Waals surface area (Å²) in [6.07, 6.45) is 1.77. The van der Waals surface area contributed by atoms with Crippen LogP contribution in [-0.2, 0) is 4.74 Å². The zero-order valence-corrected chi connectivity index (χ0v) is 15.0. The summed E-state index contributed by atoms with van der Waals surface area (Å²) in [7, 11) is 0. The van der Waals surface area contributed by atoms with Gasteiger partial charge in [-0.15, -0.1) is 0 Å². The van der Waals surface area contributed by atoms with Gasteiger partial charge >= 0.3 is 0 Å². The van der Waals surface area contributed by atoms with Gasteiger partial charge in [0.2, 0.25) is 5.95 Å². The Kier molecular flexibility index (Phi) is 4.99. The highest BCUT2D eigenvalue weighted by Gasteiger charge is 2.09. The summed E-state index contributed by atoms with van der Waals surface area (Å²) in [5, 5.41) is 7.84. The van der Waals surface area contributed by atoms with Crippen LogP contribution in [0.15, 0.2) is 36.5 Å². The Labute approximate surface area is 152 Å². The highest BCUT2D eigenvalue weighted by molar-refractivity contribution is 5.84. The normalized spacial score (nSPS) is 15.3. The van der Waals surface area contributed by atoms with E-state index in [-0.39, 0.29) is 0 Å². The number of ether oxygens (including phenoxy) is 1. The number of aromatic nitrogens is 3. The zero-order chi connectivity index (χ0) is 17.8. The average molecular weight is 352 g/mol. The van der Waals surface area contributed by atoms with E-state index >= 15 is 0 Å². The average Bonchev–Trinajstić information content (AvgIpc) is 3.02. The lowest BCUT2D eigenvalue weighted by Gasteiger charge is -2.26. The molecule has 1 fully saturated rings. The van der Waals surface area contributed by atoms with Gasteiger partial charge in [-0.3, -0.25) is 4.90 Å². The molecule has 0 bridgehead atoms. The molecule has 1 aliphatic rings. The minimum absolute atomic E-state index is 0.641. The van der Waals surface area contributed by atoms with Crippen molar-refractivity contribution < 1.29 is 4.74 Å². The van der Waals surface area contributed by atoms with Crippen LogP contribution >= 0.6 is 0 Å². The van der Waals surface area contributed by atoms with Crippen LogP contribution in [0, 0.1) is 6.92 Å². The molecule has 3 heterocycles. The van der Waals surface area contributed by atoms with E-state index in [0.717, 1.165) is 62.1 Å².